The van der Waals surface area contributed by atoms with Gasteiger partial charge in [-0.1, -0.05) is 18.8 Å². The summed E-state index contributed by atoms with van der Waals surface area (Å²) in [5, 5.41) is 5.96. The summed E-state index contributed by atoms with van der Waals surface area (Å²) in [6.07, 6.45) is -0.893. The molecule has 248 valence electrons. The molecule has 1 amide bonds. The summed E-state index contributed by atoms with van der Waals surface area (Å²) in [6.45, 7) is 3.73. The number of anilines is 1. The second-order valence-corrected chi connectivity index (χ2v) is 13.6. The molecule has 1 unspecified atom stereocenters. The van der Waals surface area contributed by atoms with Gasteiger partial charge in [0, 0.05) is 49.7 Å². The number of halogens is 4. The SMILES string of the molecule is COc1cc(F)c(S(C)(=O)=O)cc1NCC#Cc1cc(C(=O)N[C@H]2CCN(C3CCOC3)C[C@@H]2C)c2ncn(CC(F)(F)F)c2c1. The lowest BCUT2D eigenvalue weighted by Gasteiger charge is -2.39. The second kappa shape index (κ2) is 13.5. The number of ether oxygens (including phenoxy) is 2. The number of carbonyl (C=O) groups is 1. The van der Waals surface area contributed by atoms with Gasteiger partial charge in [-0.3, -0.25) is 9.69 Å². The highest BCUT2D eigenvalue weighted by atomic mass is 32.2. The second-order valence-electron chi connectivity index (χ2n) is 11.6. The largest absolute Gasteiger partial charge is 0.494 e. The maximum Gasteiger partial charge on any atom is 0.406 e. The zero-order valence-electron chi connectivity index (χ0n) is 25.6. The van der Waals surface area contributed by atoms with E-state index in [9.17, 15) is 30.8 Å². The van der Waals surface area contributed by atoms with Crippen LogP contribution in [-0.4, -0.2) is 93.2 Å². The fourth-order valence-electron chi connectivity index (χ4n) is 5.92. The first-order valence-corrected chi connectivity index (χ1v) is 16.6. The zero-order chi connectivity index (χ0) is 33.2. The number of benzene rings is 2. The Morgan fingerprint density at radius 3 is 2.65 bits per heavy atom. The summed E-state index contributed by atoms with van der Waals surface area (Å²) in [5.74, 6) is 4.46. The van der Waals surface area contributed by atoms with Gasteiger partial charge >= 0.3 is 6.18 Å². The minimum Gasteiger partial charge on any atom is -0.494 e. The Bertz CT molecular complexity index is 1780. The monoisotopic (exact) mass is 665 g/mol. The lowest BCUT2D eigenvalue weighted by atomic mass is 9.92. The van der Waals surface area contributed by atoms with Crippen molar-refractivity contribution in [3.8, 4) is 17.6 Å². The van der Waals surface area contributed by atoms with Gasteiger partial charge in [0.15, 0.2) is 9.84 Å². The Labute approximate surface area is 264 Å². The van der Waals surface area contributed by atoms with E-state index in [1.54, 1.807) is 0 Å². The Kier molecular flexibility index (Phi) is 9.81. The predicted molar refractivity (Wildman–Crippen MR) is 163 cm³/mol. The van der Waals surface area contributed by atoms with Crippen LogP contribution in [0, 0.1) is 23.6 Å². The van der Waals surface area contributed by atoms with Gasteiger partial charge < -0.3 is 24.7 Å². The third-order valence-corrected chi connectivity index (χ3v) is 9.36. The number of hydrogen-bond donors (Lipinski definition) is 2. The molecular weight excluding hydrogens is 630 g/mol. The summed E-state index contributed by atoms with van der Waals surface area (Å²) >= 11 is 0. The van der Waals surface area contributed by atoms with Crippen molar-refractivity contribution in [1.29, 1.82) is 0 Å². The molecule has 3 atom stereocenters. The van der Waals surface area contributed by atoms with Crippen molar-refractivity contribution in [1.82, 2.24) is 19.8 Å². The van der Waals surface area contributed by atoms with Gasteiger partial charge in [-0.15, -0.1) is 0 Å². The first-order chi connectivity index (χ1) is 21.7. The normalized spacial score (nSPS) is 20.7. The molecule has 0 bridgehead atoms. The first kappa shape index (κ1) is 33.5. The molecule has 2 aliphatic heterocycles. The lowest BCUT2D eigenvalue weighted by molar-refractivity contribution is -0.139. The summed E-state index contributed by atoms with van der Waals surface area (Å²) < 4.78 is 89.9. The Hall–Kier alpha value is -3.87. The van der Waals surface area contributed by atoms with Gasteiger partial charge in [-0.2, -0.15) is 13.2 Å². The number of amides is 1. The van der Waals surface area contributed by atoms with E-state index in [0.717, 1.165) is 55.4 Å². The molecule has 2 aliphatic rings. The van der Waals surface area contributed by atoms with Gasteiger partial charge in [0.25, 0.3) is 5.91 Å². The van der Waals surface area contributed by atoms with Crippen LogP contribution in [0.25, 0.3) is 11.0 Å². The molecule has 3 aromatic rings. The molecule has 5 rings (SSSR count). The van der Waals surface area contributed by atoms with Crippen molar-refractivity contribution in [2.75, 3.05) is 51.5 Å². The maximum atomic E-state index is 14.3. The maximum absolute atomic E-state index is 14.3. The fraction of sp³-hybridized carbons (Fsp3) is 0.484. The van der Waals surface area contributed by atoms with Gasteiger partial charge in [0.05, 0.1) is 43.4 Å². The van der Waals surface area contributed by atoms with Crippen LogP contribution in [0.5, 0.6) is 5.75 Å². The summed E-state index contributed by atoms with van der Waals surface area (Å²) in [7, 11) is -2.56. The Morgan fingerprint density at radius 1 is 1.22 bits per heavy atom. The number of rotatable bonds is 8. The highest BCUT2D eigenvalue weighted by Crippen LogP contribution is 2.30. The molecule has 2 aromatic carbocycles. The fourth-order valence-corrected chi connectivity index (χ4v) is 6.67. The number of sulfone groups is 1. The molecule has 0 aliphatic carbocycles. The van der Waals surface area contributed by atoms with E-state index < -0.39 is 39.2 Å². The third-order valence-electron chi connectivity index (χ3n) is 8.25. The van der Waals surface area contributed by atoms with Crippen molar-refractivity contribution in [3.63, 3.8) is 0 Å². The number of methoxy groups -OCH3 is 1. The van der Waals surface area contributed by atoms with E-state index >= 15 is 0 Å². The minimum atomic E-state index is -4.52. The molecule has 0 spiro atoms. The molecule has 0 saturated carbocycles. The highest BCUT2D eigenvalue weighted by Gasteiger charge is 2.33. The van der Waals surface area contributed by atoms with Gasteiger partial charge in [0.1, 0.15) is 28.5 Å². The van der Waals surface area contributed by atoms with E-state index in [0.29, 0.717) is 19.1 Å². The number of alkyl halides is 3. The van der Waals surface area contributed by atoms with Crippen LogP contribution in [-0.2, 0) is 21.1 Å². The minimum absolute atomic E-state index is 0.0553. The predicted octanol–water partition coefficient (Wildman–Crippen LogP) is 3.84. The smallest absolute Gasteiger partial charge is 0.406 e. The van der Waals surface area contributed by atoms with E-state index in [4.69, 9.17) is 9.47 Å². The van der Waals surface area contributed by atoms with Crippen LogP contribution >= 0.6 is 0 Å². The lowest BCUT2D eigenvalue weighted by Crippen LogP contribution is -2.52. The standard InChI is InChI=1S/C31H35F4N5O5S/c1-19-15-39(21-7-10-45-16-21)9-6-24(19)38-30(41)22-11-20(12-26-29(22)37-18-40(26)17-31(33,34)35)5-4-8-36-25-14-28(46(3,42)43)23(32)13-27(25)44-2/h11-14,18-19,21,24,36H,6-10,15-17H2,1-3H3,(H,38,41)/t19-,21?,24-/m0/s1. The summed E-state index contributed by atoms with van der Waals surface area (Å²) in [5.41, 5.74) is 0.785. The van der Waals surface area contributed by atoms with Gasteiger partial charge in [0.2, 0.25) is 0 Å². The van der Waals surface area contributed by atoms with Gasteiger partial charge in [-0.05, 0) is 37.0 Å². The number of likely N-dealkylation sites (tertiary alicyclic amines) is 1. The molecule has 1 aromatic heterocycles. The quantitative estimate of drug-likeness (QED) is 0.276. The van der Waals surface area contributed by atoms with Crippen LogP contribution < -0.4 is 15.4 Å². The van der Waals surface area contributed by atoms with Crippen LogP contribution in [0.4, 0.5) is 23.2 Å². The third kappa shape index (κ3) is 7.73. The number of piperidine rings is 1. The number of imidazole rings is 1. The van der Waals surface area contributed by atoms with Crippen molar-refractivity contribution in [2.24, 2.45) is 5.92 Å². The van der Waals surface area contributed by atoms with Crippen molar-refractivity contribution in [3.05, 3.63) is 47.5 Å². The molecular formula is C31H35F4N5O5S. The van der Waals surface area contributed by atoms with Crippen LogP contribution in [0.2, 0.25) is 0 Å². The van der Waals surface area contributed by atoms with Crippen LogP contribution in [0.3, 0.4) is 0 Å². The molecule has 15 heteroatoms. The van der Waals surface area contributed by atoms with Crippen molar-refractivity contribution < 1.29 is 40.2 Å². The molecule has 10 nitrogen and oxygen atoms in total. The van der Waals surface area contributed by atoms with E-state index in [1.807, 2.05) is 0 Å². The van der Waals surface area contributed by atoms with E-state index in [2.05, 4.69) is 39.3 Å². The molecule has 2 N–H and O–H groups in total. The number of carbonyl (C=O) groups excluding carboxylic acids is 1. The first-order valence-electron chi connectivity index (χ1n) is 14.7. The highest BCUT2D eigenvalue weighted by molar-refractivity contribution is 7.90. The molecule has 2 saturated heterocycles. The molecule has 46 heavy (non-hydrogen) atoms. The zero-order valence-corrected chi connectivity index (χ0v) is 26.4. The van der Waals surface area contributed by atoms with E-state index in [1.165, 1.54) is 19.2 Å². The van der Waals surface area contributed by atoms with Crippen LogP contribution in [0.1, 0.15) is 35.7 Å². The number of nitrogens with one attached hydrogen (secondary N) is 2. The number of aromatic nitrogens is 2. The number of hydrogen-bond acceptors (Lipinski definition) is 8. The molecule has 0 radical (unpaired) electrons. The van der Waals surface area contributed by atoms with Crippen molar-refractivity contribution >= 4 is 32.5 Å². The summed E-state index contributed by atoms with van der Waals surface area (Å²) in [4.78, 5) is 19.6. The van der Waals surface area contributed by atoms with Gasteiger partial charge in [-0.25, -0.2) is 17.8 Å². The number of fused-ring (bicyclic) bond motifs is 1. The van der Waals surface area contributed by atoms with E-state index in [-0.39, 0.29) is 52.1 Å². The Balaban J connectivity index is 1.38. The number of nitrogens with zero attached hydrogens (tertiary/aromatic N) is 3. The van der Waals surface area contributed by atoms with Crippen LogP contribution in [0.15, 0.2) is 35.5 Å². The topological polar surface area (TPSA) is 115 Å². The molecule has 2 fully saturated rings. The molecule has 3 heterocycles. The van der Waals surface area contributed by atoms with Crippen molar-refractivity contribution in [2.45, 2.75) is 49.5 Å². The summed E-state index contributed by atoms with van der Waals surface area (Å²) in [6, 6.07) is 5.20. The Morgan fingerprint density at radius 2 is 2.00 bits per heavy atom. The average molecular weight is 666 g/mol. The average Bonchev–Trinajstić information content (AvgIpc) is 3.66.